The van der Waals surface area contributed by atoms with Gasteiger partial charge in [0.25, 0.3) is 5.69 Å². The van der Waals surface area contributed by atoms with Gasteiger partial charge in [-0.25, -0.2) is 0 Å². The molecule has 0 bridgehead atoms. The van der Waals surface area contributed by atoms with E-state index in [4.69, 9.17) is 23.2 Å². The molecule has 1 unspecified atom stereocenters. The van der Waals surface area contributed by atoms with Crippen molar-refractivity contribution in [3.05, 3.63) is 79.8 Å². The van der Waals surface area contributed by atoms with E-state index in [-0.39, 0.29) is 10.7 Å². The van der Waals surface area contributed by atoms with Gasteiger partial charge in [0.2, 0.25) is 5.95 Å². The van der Waals surface area contributed by atoms with Gasteiger partial charge in [0.05, 0.1) is 4.92 Å². The molecule has 1 aliphatic rings. The molecule has 0 amide bonds. The Labute approximate surface area is 157 Å². The van der Waals surface area contributed by atoms with Gasteiger partial charge in [-0.15, -0.1) is 0 Å². The van der Waals surface area contributed by atoms with Crippen LogP contribution in [0.4, 0.5) is 11.6 Å². The van der Waals surface area contributed by atoms with Gasteiger partial charge in [-0.05, 0) is 45.8 Å². The Morgan fingerprint density at radius 2 is 1.92 bits per heavy atom. The van der Waals surface area contributed by atoms with Gasteiger partial charge >= 0.3 is 0 Å². The van der Waals surface area contributed by atoms with Crippen molar-refractivity contribution < 1.29 is 4.92 Å². The quantitative estimate of drug-likeness (QED) is 0.538. The van der Waals surface area contributed by atoms with Gasteiger partial charge in [0.1, 0.15) is 11.1 Å². The third-order valence-corrected chi connectivity index (χ3v) is 4.56. The standard InChI is InChI=1S/C16H10Cl2N6O2/c17-11-4-1-9(2-5-11)13-8-14(23-16(19-13)20-21-22-23)10-3-6-12(18)15(7-10)24(25)26/h1-8,14H,(H,19,20,22). The molecule has 2 heterocycles. The number of hydrogen-bond acceptors (Lipinski definition) is 6. The van der Waals surface area contributed by atoms with Crippen molar-refractivity contribution in [2.24, 2.45) is 0 Å². The number of anilines is 1. The Bertz CT molecular complexity index is 1030. The Morgan fingerprint density at radius 3 is 2.65 bits per heavy atom. The molecule has 10 heteroatoms. The van der Waals surface area contributed by atoms with Gasteiger partial charge in [0.15, 0.2) is 0 Å². The molecule has 130 valence electrons. The molecule has 2 aromatic carbocycles. The molecule has 1 N–H and O–H groups in total. The zero-order chi connectivity index (χ0) is 18.3. The number of tetrazole rings is 1. The molecule has 0 saturated carbocycles. The summed E-state index contributed by atoms with van der Waals surface area (Å²) in [5.74, 6) is 0.431. The van der Waals surface area contributed by atoms with Crippen molar-refractivity contribution in [2.45, 2.75) is 6.04 Å². The fraction of sp³-hybridized carbons (Fsp3) is 0.0625. The molecule has 3 aromatic rings. The number of allylic oxidation sites excluding steroid dienone is 1. The molecule has 0 spiro atoms. The normalized spacial score (nSPS) is 15.8. The molecule has 0 aliphatic carbocycles. The van der Waals surface area contributed by atoms with E-state index >= 15 is 0 Å². The molecule has 1 aromatic heterocycles. The molecule has 0 radical (unpaired) electrons. The van der Waals surface area contributed by atoms with Crippen LogP contribution in [-0.4, -0.2) is 25.1 Å². The number of benzene rings is 2. The lowest BCUT2D eigenvalue weighted by Gasteiger charge is -2.23. The molecule has 1 aliphatic heterocycles. The van der Waals surface area contributed by atoms with E-state index in [1.807, 2.05) is 18.2 Å². The molecule has 26 heavy (non-hydrogen) atoms. The van der Waals surface area contributed by atoms with Crippen LogP contribution in [0.25, 0.3) is 5.70 Å². The highest BCUT2D eigenvalue weighted by Gasteiger charge is 2.26. The van der Waals surface area contributed by atoms with E-state index in [1.54, 1.807) is 22.9 Å². The fourth-order valence-electron chi connectivity index (χ4n) is 2.74. The van der Waals surface area contributed by atoms with Gasteiger partial charge in [0, 0.05) is 16.8 Å². The summed E-state index contributed by atoms with van der Waals surface area (Å²) < 4.78 is 1.55. The number of fused-ring (bicyclic) bond motifs is 1. The monoisotopic (exact) mass is 388 g/mol. The van der Waals surface area contributed by atoms with E-state index in [0.29, 0.717) is 16.5 Å². The summed E-state index contributed by atoms with van der Waals surface area (Å²) in [6.45, 7) is 0. The van der Waals surface area contributed by atoms with Crippen LogP contribution in [0.5, 0.6) is 0 Å². The number of rotatable bonds is 3. The Balaban J connectivity index is 1.82. The van der Waals surface area contributed by atoms with Crippen LogP contribution >= 0.6 is 23.2 Å². The molecule has 0 saturated heterocycles. The summed E-state index contributed by atoms with van der Waals surface area (Å²) in [5, 5.41) is 26.7. The van der Waals surface area contributed by atoms with Gasteiger partial charge in [-0.3, -0.25) is 10.1 Å². The van der Waals surface area contributed by atoms with E-state index < -0.39 is 11.0 Å². The van der Waals surface area contributed by atoms with Gasteiger partial charge < -0.3 is 5.32 Å². The van der Waals surface area contributed by atoms with Crippen molar-refractivity contribution in [3.63, 3.8) is 0 Å². The first kappa shape index (κ1) is 16.5. The highest BCUT2D eigenvalue weighted by atomic mass is 35.5. The van der Waals surface area contributed by atoms with Gasteiger partial charge in [-0.2, -0.15) is 4.68 Å². The molecule has 4 rings (SSSR count). The maximum absolute atomic E-state index is 11.2. The van der Waals surface area contributed by atoms with Crippen molar-refractivity contribution in [3.8, 4) is 0 Å². The Morgan fingerprint density at radius 1 is 1.15 bits per heavy atom. The first-order chi connectivity index (χ1) is 12.5. The SMILES string of the molecule is O=[N+]([O-])c1cc(C2C=C(c3ccc(Cl)cc3)Nc3nnnn32)ccc1Cl. The molecular weight excluding hydrogens is 379 g/mol. The minimum absolute atomic E-state index is 0.0755. The number of hydrogen-bond donors (Lipinski definition) is 1. The molecule has 1 atom stereocenters. The maximum Gasteiger partial charge on any atom is 0.288 e. The van der Waals surface area contributed by atoms with Crippen molar-refractivity contribution in [1.29, 1.82) is 0 Å². The summed E-state index contributed by atoms with van der Waals surface area (Å²) in [7, 11) is 0. The minimum atomic E-state index is -0.517. The zero-order valence-corrected chi connectivity index (χ0v) is 14.5. The lowest BCUT2D eigenvalue weighted by molar-refractivity contribution is -0.384. The first-order valence-electron chi connectivity index (χ1n) is 7.49. The number of halogens is 2. The molecule has 8 nitrogen and oxygen atoms in total. The number of nitrogens with one attached hydrogen (secondary N) is 1. The number of nitro benzene ring substituents is 1. The van der Waals surface area contributed by atoms with Gasteiger partial charge in [-0.1, -0.05) is 46.5 Å². The number of nitro groups is 1. The topological polar surface area (TPSA) is 98.8 Å². The first-order valence-corrected chi connectivity index (χ1v) is 8.25. The average Bonchev–Trinajstić information content (AvgIpc) is 3.10. The predicted molar refractivity (Wildman–Crippen MR) is 97.1 cm³/mol. The minimum Gasteiger partial charge on any atom is -0.323 e. The lowest BCUT2D eigenvalue weighted by Crippen LogP contribution is -2.20. The summed E-state index contributed by atoms with van der Waals surface area (Å²) in [6.07, 6.45) is 1.89. The second kappa shape index (κ2) is 6.40. The van der Waals surface area contributed by atoms with Crippen LogP contribution in [0, 0.1) is 10.1 Å². The second-order valence-corrected chi connectivity index (χ2v) is 6.42. The van der Waals surface area contributed by atoms with Crippen LogP contribution in [0.1, 0.15) is 17.2 Å². The average molecular weight is 389 g/mol. The van der Waals surface area contributed by atoms with Crippen LogP contribution in [0.15, 0.2) is 48.5 Å². The highest BCUT2D eigenvalue weighted by Crippen LogP contribution is 2.35. The lowest BCUT2D eigenvalue weighted by atomic mass is 10.0. The second-order valence-electron chi connectivity index (χ2n) is 5.57. The smallest absolute Gasteiger partial charge is 0.288 e. The van der Waals surface area contributed by atoms with Crippen LogP contribution in [0.2, 0.25) is 10.0 Å². The molecule has 0 fully saturated rings. The summed E-state index contributed by atoms with van der Waals surface area (Å²) in [5.41, 5.74) is 2.13. The van der Waals surface area contributed by atoms with Crippen LogP contribution < -0.4 is 5.32 Å². The summed E-state index contributed by atoms with van der Waals surface area (Å²) in [6, 6.07) is 11.5. The van der Waals surface area contributed by atoms with E-state index in [9.17, 15) is 10.1 Å². The van der Waals surface area contributed by atoms with Crippen LogP contribution in [0.3, 0.4) is 0 Å². The van der Waals surface area contributed by atoms with Crippen molar-refractivity contribution >= 4 is 40.5 Å². The van der Waals surface area contributed by atoms with E-state index in [0.717, 1.165) is 11.3 Å². The summed E-state index contributed by atoms with van der Waals surface area (Å²) in [4.78, 5) is 10.7. The third kappa shape index (κ3) is 2.89. The Kier molecular flexibility index (Phi) is 4.06. The largest absolute Gasteiger partial charge is 0.323 e. The number of nitrogens with zero attached hydrogens (tertiary/aromatic N) is 5. The predicted octanol–water partition coefficient (Wildman–Crippen LogP) is 3.94. The fourth-order valence-corrected chi connectivity index (χ4v) is 3.06. The van der Waals surface area contributed by atoms with E-state index in [1.165, 1.54) is 12.1 Å². The Hall–Kier alpha value is -2.97. The zero-order valence-electron chi connectivity index (χ0n) is 13.0. The van der Waals surface area contributed by atoms with E-state index in [2.05, 4.69) is 20.8 Å². The maximum atomic E-state index is 11.2. The number of aromatic nitrogens is 4. The third-order valence-electron chi connectivity index (χ3n) is 3.99. The van der Waals surface area contributed by atoms with Crippen molar-refractivity contribution in [2.75, 3.05) is 5.32 Å². The highest BCUT2D eigenvalue weighted by molar-refractivity contribution is 6.32. The summed E-state index contributed by atoms with van der Waals surface area (Å²) >= 11 is 11.9. The molecular formula is C16H10Cl2N6O2. The van der Waals surface area contributed by atoms with Crippen LogP contribution in [-0.2, 0) is 0 Å². The van der Waals surface area contributed by atoms with Crippen molar-refractivity contribution in [1.82, 2.24) is 20.2 Å².